The highest BCUT2D eigenvalue weighted by Crippen LogP contribution is 2.29. The Balaban J connectivity index is 1.60. The molecule has 1 heterocycles. The van der Waals surface area contributed by atoms with Gasteiger partial charge in [-0.3, -0.25) is 9.36 Å². The minimum atomic E-state index is -0.0745. The molecule has 1 amide bonds. The van der Waals surface area contributed by atoms with Crippen LogP contribution in [0.1, 0.15) is 18.1 Å². The third-order valence-corrected chi connectivity index (χ3v) is 6.26. The van der Waals surface area contributed by atoms with E-state index in [1.807, 2.05) is 84.3 Å². The van der Waals surface area contributed by atoms with Crippen molar-refractivity contribution < 1.29 is 9.53 Å². The fourth-order valence-corrected chi connectivity index (χ4v) is 4.36. The van der Waals surface area contributed by atoms with Crippen molar-refractivity contribution in [2.24, 2.45) is 0 Å². The molecule has 0 saturated carbocycles. The van der Waals surface area contributed by atoms with Crippen LogP contribution in [0.2, 0.25) is 0 Å². The van der Waals surface area contributed by atoms with Gasteiger partial charge in [-0.25, -0.2) is 0 Å². The van der Waals surface area contributed by atoms with E-state index in [0.29, 0.717) is 5.16 Å². The Hall–Kier alpha value is -3.58. The summed E-state index contributed by atoms with van der Waals surface area (Å²) in [5.74, 6) is 1.64. The molecule has 168 valence electrons. The highest BCUT2D eigenvalue weighted by atomic mass is 32.2. The topological polar surface area (TPSA) is 69.0 Å². The van der Waals surface area contributed by atoms with Gasteiger partial charge in [-0.15, -0.1) is 10.2 Å². The molecule has 0 aliphatic heterocycles. The highest BCUT2D eigenvalue weighted by Gasteiger charge is 2.18. The summed E-state index contributed by atoms with van der Waals surface area (Å²) in [6.45, 7) is 4.09. The number of amides is 1. The van der Waals surface area contributed by atoms with E-state index in [1.54, 1.807) is 7.11 Å². The largest absolute Gasteiger partial charge is 0.497 e. The van der Waals surface area contributed by atoms with Crippen LogP contribution in [-0.2, 0) is 11.2 Å². The average Bonchev–Trinajstić information content (AvgIpc) is 3.28. The van der Waals surface area contributed by atoms with Gasteiger partial charge in [0.2, 0.25) is 5.91 Å². The maximum Gasteiger partial charge on any atom is 0.234 e. The van der Waals surface area contributed by atoms with Crippen molar-refractivity contribution in [3.63, 3.8) is 0 Å². The summed E-state index contributed by atoms with van der Waals surface area (Å²) < 4.78 is 7.27. The number of carbonyl (C=O) groups excluding carboxylic acids is 1. The Morgan fingerprint density at radius 2 is 1.76 bits per heavy atom. The van der Waals surface area contributed by atoms with Crippen LogP contribution in [0.3, 0.4) is 0 Å². The Morgan fingerprint density at radius 3 is 2.45 bits per heavy atom. The molecule has 6 nitrogen and oxygen atoms in total. The monoisotopic (exact) mass is 458 g/mol. The van der Waals surface area contributed by atoms with Crippen LogP contribution >= 0.6 is 11.8 Å². The molecular weight excluding hydrogens is 432 g/mol. The maximum atomic E-state index is 12.8. The molecule has 1 N–H and O–H groups in total. The first kappa shape index (κ1) is 22.6. The average molecular weight is 459 g/mol. The quantitative estimate of drug-likeness (QED) is 0.351. The van der Waals surface area contributed by atoms with Gasteiger partial charge in [-0.2, -0.15) is 0 Å². The standard InChI is InChI=1S/C26H26N4O2S/c1-4-19-12-8-9-18(2)24(19)27-23(31)17-33-26-29-28-25(20-10-6-5-7-11-20)30(26)21-13-15-22(32-3)16-14-21/h5-16H,4,17H2,1-3H3,(H,27,31). The van der Waals surface area contributed by atoms with Crippen LogP contribution in [0.15, 0.2) is 78.0 Å². The van der Waals surface area contributed by atoms with E-state index >= 15 is 0 Å². The molecule has 0 fully saturated rings. The Bertz CT molecular complexity index is 1240. The van der Waals surface area contributed by atoms with E-state index in [-0.39, 0.29) is 11.7 Å². The maximum absolute atomic E-state index is 12.8. The number of methoxy groups -OCH3 is 1. The molecule has 3 aromatic carbocycles. The van der Waals surface area contributed by atoms with Gasteiger partial charge in [0.15, 0.2) is 11.0 Å². The lowest BCUT2D eigenvalue weighted by Gasteiger charge is -2.13. The molecule has 0 atom stereocenters. The number of carbonyl (C=O) groups is 1. The first-order valence-electron chi connectivity index (χ1n) is 10.8. The van der Waals surface area contributed by atoms with Crippen LogP contribution in [-0.4, -0.2) is 33.5 Å². The number of thioether (sulfide) groups is 1. The highest BCUT2D eigenvalue weighted by molar-refractivity contribution is 7.99. The number of nitrogens with one attached hydrogen (secondary N) is 1. The van der Waals surface area contributed by atoms with Crippen LogP contribution in [0, 0.1) is 6.92 Å². The molecule has 0 spiro atoms. The number of aryl methyl sites for hydroxylation is 2. The van der Waals surface area contributed by atoms with Crippen molar-refractivity contribution in [3.05, 3.63) is 83.9 Å². The number of aromatic nitrogens is 3. The normalized spacial score (nSPS) is 10.8. The molecule has 7 heteroatoms. The van der Waals surface area contributed by atoms with Crippen molar-refractivity contribution in [2.75, 3.05) is 18.2 Å². The fourth-order valence-electron chi connectivity index (χ4n) is 3.61. The van der Waals surface area contributed by atoms with Gasteiger partial charge in [0.1, 0.15) is 5.75 Å². The van der Waals surface area contributed by atoms with Gasteiger partial charge in [-0.05, 0) is 48.7 Å². The zero-order valence-electron chi connectivity index (χ0n) is 18.9. The summed E-state index contributed by atoms with van der Waals surface area (Å²) in [5.41, 5.74) is 4.92. The molecule has 1 aromatic heterocycles. The van der Waals surface area contributed by atoms with Crippen molar-refractivity contribution in [3.8, 4) is 22.8 Å². The first-order valence-corrected chi connectivity index (χ1v) is 11.8. The number of benzene rings is 3. The zero-order valence-corrected chi connectivity index (χ0v) is 19.7. The Kier molecular flexibility index (Phi) is 7.10. The number of ether oxygens (including phenoxy) is 1. The molecule has 33 heavy (non-hydrogen) atoms. The van der Waals surface area contributed by atoms with E-state index in [2.05, 4.69) is 22.4 Å². The SMILES string of the molecule is CCc1cccc(C)c1NC(=O)CSc1nnc(-c2ccccc2)n1-c1ccc(OC)cc1. The van der Waals surface area contributed by atoms with Crippen molar-refractivity contribution >= 4 is 23.4 Å². The number of anilines is 1. The second kappa shape index (κ2) is 10.4. The second-order valence-electron chi connectivity index (χ2n) is 7.51. The minimum absolute atomic E-state index is 0.0745. The molecule has 0 aliphatic carbocycles. The number of nitrogens with zero attached hydrogens (tertiary/aromatic N) is 3. The number of rotatable bonds is 8. The summed E-state index contributed by atoms with van der Waals surface area (Å²) >= 11 is 1.36. The van der Waals surface area contributed by atoms with Gasteiger partial charge in [0, 0.05) is 16.9 Å². The van der Waals surface area contributed by atoms with E-state index in [0.717, 1.165) is 46.1 Å². The molecule has 0 saturated heterocycles. The Morgan fingerprint density at radius 1 is 1.00 bits per heavy atom. The van der Waals surface area contributed by atoms with Crippen LogP contribution < -0.4 is 10.1 Å². The van der Waals surface area contributed by atoms with E-state index in [4.69, 9.17) is 4.74 Å². The van der Waals surface area contributed by atoms with E-state index < -0.39 is 0 Å². The van der Waals surface area contributed by atoms with Crippen molar-refractivity contribution in [2.45, 2.75) is 25.4 Å². The van der Waals surface area contributed by atoms with Gasteiger partial charge in [-0.1, -0.05) is 67.2 Å². The van der Waals surface area contributed by atoms with Gasteiger partial charge < -0.3 is 10.1 Å². The summed E-state index contributed by atoms with van der Waals surface area (Å²) in [4.78, 5) is 12.8. The zero-order chi connectivity index (χ0) is 23.2. The van der Waals surface area contributed by atoms with Crippen molar-refractivity contribution in [1.82, 2.24) is 14.8 Å². The molecule has 0 radical (unpaired) electrons. The van der Waals surface area contributed by atoms with Crippen LogP contribution in [0.25, 0.3) is 17.1 Å². The van der Waals surface area contributed by atoms with E-state index in [9.17, 15) is 4.79 Å². The van der Waals surface area contributed by atoms with Gasteiger partial charge in [0.05, 0.1) is 12.9 Å². The third kappa shape index (κ3) is 5.09. The van der Waals surface area contributed by atoms with Crippen molar-refractivity contribution in [1.29, 1.82) is 0 Å². The predicted octanol–water partition coefficient (Wildman–Crippen LogP) is 5.54. The smallest absolute Gasteiger partial charge is 0.234 e. The fraction of sp³-hybridized carbons (Fsp3) is 0.192. The minimum Gasteiger partial charge on any atom is -0.497 e. The molecule has 0 bridgehead atoms. The summed E-state index contributed by atoms with van der Waals surface area (Å²) in [5, 5.41) is 12.6. The van der Waals surface area contributed by atoms with Crippen LogP contribution in [0.5, 0.6) is 5.75 Å². The summed E-state index contributed by atoms with van der Waals surface area (Å²) in [7, 11) is 1.64. The lowest BCUT2D eigenvalue weighted by Crippen LogP contribution is -2.16. The van der Waals surface area contributed by atoms with Gasteiger partial charge >= 0.3 is 0 Å². The summed E-state index contributed by atoms with van der Waals surface area (Å²) in [6, 6.07) is 23.7. The Labute approximate surface area is 198 Å². The lowest BCUT2D eigenvalue weighted by molar-refractivity contribution is -0.113. The molecule has 4 aromatic rings. The first-order chi connectivity index (χ1) is 16.1. The van der Waals surface area contributed by atoms with Crippen LogP contribution in [0.4, 0.5) is 5.69 Å². The van der Waals surface area contributed by atoms with Gasteiger partial charge in [0.25, 0.3) is 0 Å². The third-order valence-electron chi connectivity index (χ3n) is 5.33. The number of hydrogen-bond donors (Lipinski definition) is 1. The number of para-hydroxylation sites is 1. The predicted molar refractivity (Wildman–Crippen MR) is 133 cm³/mol. The molecule has 4 rings (SSSR count). The van der Waals surface area contributed by atoms with E-state index in [1.165, 1.54) is 11.8 Å². The number of hydrogen-bond acceptors (Lipinski definition) is 5. The molecule has 0 aliphatic rings. The lowest BCUT2D eigenvalue weighted by atomic mass is 10.1. The summed E-state index contributed by atoms with van der Waals surface area (Å²) in [6.07, 6.45) is 0.858. The molecule has 0 unspecified atom stereocenters. The molecular formula is C26H26N4O2S. The second-order valence-corrected chi connectivity index (χ2v) is 8.45.